The van der Waals surface area contributed by atoms with Crippen molar-refractivity contribution in [1.82, 2.24) is 4.47 Å². The van der Waals surface area contributed by atoms with Gasteiger partial charge in [0.1, 0.15) is 4.90 Å². The minimum absolute atomic E-state index is 0.0413. The minimum atomic E-state index is -4.03. The van der Waals surface area contributed by atoms with E-state index in [1.165, 1.54) is 38.4 Å². The van der Waals surface area contributed by atoms with Gasteiger partial charge in [-0.25, -0.2) is 8.42 Å². The van der Waals surface area contributed by atoms with Crippen LogP contribution in [-0.2, 0) is 14.9 Å². The molecule has 0 fully saturated rings. The molecule has 0 aliphatic heterocycles. The number of carbonyl (C=O) groups excluding carboxylic acids is 1. The van der Waals surface area contributed by atoms with Gasteiger partial charge in [-0.2, -0.15) is 0 Å². The Morgan fingerprint density at radius 1 is 1.00 bits per heavy atom. The maximum atomic E-state index is 12.5. The second-order valence-electron chi connectivity index (χ2n) is 4.94. The molecule has 1 N–H and O–H groups in total. The maximum Gasteiger partial charge on any atom is 0.266 e. The van der Waals surface area contributed by atoms with Crippen molar-refractivity contribution < 1.29 is 18.0 Å². The van der Waals surface area contributed by atoms with Crippen molar-refractivity contribution >= 4 is 68.0 Å². The fourth-order valence-corrected chi connectivity index (χ4v) is 3.96. The summed E-state index contributed by atoms with van der Waals surface area (Å²) in [6.45, 7) is 0. The summed E-state index contributed by atoms with van der Waals surface area (Å²) in [5, 5.41) is 3.09. The highest BCUT2D eigenvalue weighted by Gasteiger charge is 2.25. The van der Waals surface area contributed by atoms with Gasteiger partial charge in [-0.1, -0.05) is 50.9 Å². The summed E-state index contributed by atoms with van der Waals surface area (Å²) in [4.78, 5) is 16.9. The third-order valence-electron chi connectivity index (χ3n) is 3.33. The van der Waals surface area contributed by atoms with E-state index in [0.29, 0.717) is 4.47 Å². The summed E-state index contributed by atoms with van der Waals surface area (Å²) in [6, 6.07) is 6.56. The predicted octanol–water partition coefficient (Wildman–Crippen LogP) is 4.73. The third kappa shape index (κ3) is 4.43. The van der Waals surface area contributed by atoms with Gasteiger partial charge < -0.3 is 5.32 Å². The lowest BCUT2D eigenvalue weighted by molar-refractivity contribution is -0.0258. The van der Waals surface area contributed by atoms with Gasteiger partial charge in [0, 0.05) is 12.6 Å². The molecule has 0 saturated heterocycles. The lowest BCUT2D eigenvalue weighted by Crippen LogP contribution is -2.26. The molecule has 0 unspecified atom stereocenters. The van der Waals surface area contributed by atoms with E-state index >= 15 is 0 Å². The van der Waals surface area contributed by atoms with Gasteiger partial charge in [0.15, 0.2) is 0 Å². The number of nitrogens with one attached hydrogen (secondary N) is 1. The third-order valence-corrected chi connectivity index (χ3v) is 6.52. The van der Waals surface area contributed by atoms with Crippen molar-refractivity contribution in [3.8, 4) is 0 Å². The van der Waals surface area contributed by atoms with Gasteiger partial charge in [0.2, 0.25) is 0 Å². The van der Waals surface area contributed by atoms with Crippen LogP contribution in [0.3, 0.4) is 0 Å². The number of sulfonamides is 1. The fraction of sp³-hybridized carbons (Fsp3) is 0.133. The molecule has 2 rings (SSSR count). The van der Waals surface area contributed by atoms with Gasteiger partial charge >= 0.3 is 0 Å². The van der Waals surface area contributed by atoms with E-state index in [-0.39, 0.29) is 36.2 Å². The smallest absolute Gasteiger partial charge is 0.266 e. The molecular weight excluding hydrogens is 446 g/mol. The number of hydroxylamine groups is 1. The lowest BCUT2D eigenvalue weighted by Gasteiger charge is -2.16. The van der Waals surface area contributed by atoms with E-state index in [1.54, 1.807) is 0 Å². The summed E-state index contributed by atoms with van der Waals surface area (Å²) < 4.78 is 25.4. The van der Waals surface area contributed by atoms with Crippen molar-refractivity contribution in [1.29, 1.82) is 0 Å². The molecule has 0 saturated carbocycles. The van der Waals surface area contributed by atoms with Gasteiger partial charge in [0.05, 0.1) is 32.9 Å². The summed E-state index contributed by atoms with van der Waals surface area (Å²) >= 11 is 23.7. The summed E-state index contributed by atoms with van der Waals surface area (Å²) in [6.07, 6.45) is 0. The minimum Gasteiger partial charge on any atom is -0.321 e. The number of anilines is 1. The molecule has 2 aromatic carbocycles. The zero-order valence-electron chi connectivity index (χ0n) is 13.4. The van der Waals surface area contributed by atoms with Crippen LogP contribution in [0.4, 0.5) is 5.69 Å². The number of nitrogens with zero attached hydrogens (tertiary/aromatic N) is 1. The van der Waals surface area contributed by atoms with Gasteiger partial charge in [-0.05, 0) is 30.3 Å². The summed E-state index contributed by atoms with van der Waals surface area (Å²) in [7, 11) is -1.64. The average Bonchev–Trinajstić information content (AvgIpc) is 2.58. The van der Waals surface area contributed by atoms with Crippen LogP contribution < -0.4 is 5.32 Å². The topological polar surface area (TPSA) is 75.7 Å². The van der Waals surface area contributed by atoms with E-state index in [4.69, 9.17) is 51.2 Å². The van der Waals surface area contributed by atoms with Crippen molar-refractivity contribution in [2.45, 2.75) is 4.90 Å². The molecule has 0 heterocycles. The standard InChI is InChI=1S/C15H12Cl4N2O4S/c1-21(25-2)26(23,24)14-5-8(3-4-9(14)16)15(22)20-13-7-11(18)10(17)6-12(13)19/h3-7H,1-2H3,(H,20,22). The molecule has 0 aliphatic carbocycles. The van der Waals surface area contributed by atoms with Crippen LogP contribution >= 0.6 is 46.4 Å². The van der Waals surface area contributed by atoms with Gasteiger partial charge in [-0.15, -0.1) is 0 Å². The van der Waals surface area contributed by atoms with Crippen LogP contribution in [0.25, 0.3) is 0 Å². The number of carbonyl (C=O) groups is 1. The number of hydrogen-bond donors (Lipinski definition) is 1. The van der Waals surface area contributed by atoms with Crippen molar-refractivity contribution in [3.05, 3.63) is 56.0 Å². The number of benzene rings is 2. The molecule has 0 spiro atoms. The van der Waals surface area contributed by atoms with Crippen molar-refractivity contribution in [3.63, 3.8) is 0 Å². The number of amides is 1. The summed E-state index contributed by atoms with van der Waals surface area (Å²) in [5.41, 5.74) is 0.263. The second-order valence-corrected chi connectivity index (χ2v) is 8.48. The van der Waals surface area contributed by atoms with Crippen LogP contribution in [0.1, 0.15) is 10.4 Å². The van der Waals surface area contributed by atoms with E-state index in [0.717, 1.165) is 6.07 Å². The Morgan fingerprint density at radius 2 is 1.62 bits per heavy atom. The predicted molar refractivity (Wildman–Crippen MR) is 103 cm³/mol. The van der Waals surface area contributed by atoms with E-state index in [1.807, 2.05) is 0 Å². The Labute approximate surface area is 170 Å². The van der Waals surface area contributed by atoms with E-state index in [2.05, 4.69) is 5.32 Å². The Bertz CT molecular complexity index is 966. The molecular formula is C15H12Cl4N2O4S. The molecule has 0 aromatic heterocycles. The molecule has 26 heavy (non-hydrogen) atoms. The summed E-state index contributed by atoms with van der Waals surface area (Å²) in [5.74, 6) is -0.613. The first-order chi connectivity index (χ1) is 12.1. The van der Waals surface area contributed by atoms with Crippen LogP contribution in [0.15, 0.2) is 35.2 Å². The molecule has 1 amide bonds. The first-order valence-electron chi connectivity index (χ1n) is 6.86. The quantitative estimate of drug-likeness (QED) is 0.519. The van der Waals surface area contributed by atoms with Crippen LogP contribution in [0, 0.1) is 0 Å². The zero-order valence-corrected chi connectivity index (χ0v) is 17.2. The molecule has 0 aliphatic rings. The SMILES string of the molecule is CON(C)S(=O)(=O)c1cc(C(=O)Nc2cc(Cl)c(Cl)cc2Cl)ccc1Cl. The monoisotopic (exact) mass is 456 g/mol. The Hall–Kier alpha value is -1.06. The maximum absolute atomic E-state index is 12.5. The van der Waals surface area contributed by atoms with Gasteiger partial charge in [0.25, 0.3) is 15.9 Å². The Balaban J connectivity index is 2.40. The van der Waals surface area contributed by atoms with Gasteiger partial charge in [-0.3, -0.25) is 9.63 Å². The number of rotatable bonds is 5. The number of halogens is 4. The molecule has 2 aromatic rings. The normalized spacial score (nSPS) is 11.7. The molecule has 140 valence electrons. The Kier molecular flexibility index (Phi) is 6.79. The second kappa shape index (κ2) is 8.31. The highest BCUT2D eigenvalue weighted by molar-refractivity contribution is 7.89. The van der Waals surface area contributed by atoms with Crippen LogP contribution in [-0.4, -0.2) is 33.0 Å². The van der Waals surface area contributed by atoms with E-state index < -0.39 is 15.9 Å². The molecule has 11 heteroatoms. The fourth-order valence-electron chi connectivity index (χ4n) is 1.89. The van der Waals surface area contributed by atoms with Crippen LogP contribution in [0.2, 0.25) is 20.1 Å². The van der Waals surface area contributed by atoms with Crippen molar-refractivity contribution in [2.24, 2.45) is 0 Å². The highest BCUT2D eigenvalue weighted by Crippen LogP contribution is 2.33. The lowest BCUT2D eigenvalue weighted by atomic mass is 10.2. The average molecular weight is 458 g/mol. The zero-order chi connectivity index (χ0) is 19.6. The molecule has 0 bridgehead atoms. The van der Waals surface area contributed by atoms with E-state index in [9.17, 15) is 13.2 Å². The van der Waals surface area contributed by atoms with Crippen LogP contribution in [0.5, 0.6) is 0 Å². The van der Waals surface area contributed by atoms with Crippen molar-refractivity contribution in [2.75, 3.05) is 19.5 Å². The highest BCUT2D eigenvalue weighted by atomic mass is 35.5. The first-order valence-corrected chi connectivity index (χ1v) is 9.81. The Morgan fingerprint density at radius 3 is 2.23 bits per heavy atom. The molecule has 6 nitrogen and oxygen atoms in total. The first kappa shape index (κ1) is 21.2. The molecule has 0 atom stereocenters. The number of hydrogen-bond acceptors (Lipinski definition) is 4. The molecule has 0 radical (unpaired) electrons. The largest absolute Gasteiger partial charge is 0.321 e.